The van der Waals surface area contributed by atoms with Gasteiger partial charge in [-0.3, -0.25) is 14.8 Å². The summed E-state index contributed by atoms with van der Waals surface area (Å²) in [5, 5.41) is 10.3. The van der Waals surface area contributed by atoms with Crippen molar-refractivity contribution in [3.8, 4) is 0 Å². The van der Waals surface area contributed by atoms with Gasteiger partial charge in [0.1, 0.15) is 5.54 Å². The van der Waals surface area contributed by atoms with E-state index >= 15 is 0 Å². The van der Waals surface area contributed by atoms with Gasteiger partial charge in [-0.05, 0) is 20.3 Å². The van der Waals surface area contributed by atoms with Gasteiger partial charge in [0.15, 0.2) is 0 Å². The second kappa shape index (κ2) is 5.60. The lowest BCUT2D eigenvalue weighted by atomic mass is 9.93. The maximum atomic E-state index is 12.0. The minimum absolute atomic E-state index is 0.386. The summed E-state index contributed by atoms with van der Waals surface area (Å²) in [6.07, 6.45) is 3.37. The highest BCUT2D eigenvalue weighted by molar-refractivity contribution is 5.25. The molecule has 0 radical (unpaired) electrons. The first-order valence-corrected chi connectivity index (χ1v) is 6.97. The molecule has 1 atom stereocenters. The second-order valence-corrected chi connectivity index (χ2v) is 5.47. The van der Waals surface area contributed by atoms with Gasteiger partial charge < -0.3 is 4.98 Å². The quantitative estimate of drug-likeness (QED) is 0.799. The van der Waals surface area contributed by atoms with E-state index in [-0.39, 0.29) is 5.56 Å². The average molecular weight is 279 g/mol. The predicted molar refractivity (Wildman–Crippen MR) is 75.7 cm³/mol. The molecule has 110 valence electrons. The molecule has 0 amide bonds. The molecule has 0 bridgehead atoms. The Kier molecular flexibility index (Phi) is 4.06. The van der Waals surface area contributed by atoms with Gasteiger partial charge in [-0.25, -0.2) is 4.79 Å². The van der Waals surface area contributed by atoms with Crippen molar-refractivity contribution in [1.29, 1.82) is 0 Å². The van der Waals surface area contributed by atoms with Crippen LogP contribution in [0.4, 0.5) is 0 Å². The van der Waals surface area contributed by atoms with Crippen molar-refractivity contribution in [1.82, 2.24) is 15.0 Å². The summed E-state index contributed by atoms with van der Waals surface area (Å²) < 4.78 is 0. The van der Waals surface area contributed by atoms with E-state index in [1.807, 2.05) is 11.9 Å². The van der Waals surface area contributed by atoms with Gasteiger partial charge in [0.25, 0.3) is 5.56 Å². The van der Waals surface area contributed by atoms with Crippen LogP contribution in [0.3, 0.4) is 0 Å². The smallest absolute Gasteiger partial charge is 0.311 e. The first-order chi connectivity index (χ1) is 9.46. The number of nitrogens with zero attached hydrogens (tertiary/aromatic N) is 3. The van der Waals surface area contributed by atoms with Crippen molar-refractivity contribution in [3.63, 3.8) is 0 Å². The molecule has 0 saturated carbocycles. The van der Waals surface area contributed by atoms with Crippen LogP contribution in [0, 0.1) is 6.92 Å². The Labute approximate surface area is 117 Å². The molecule has 20 heavy (non-hydrogen) atoms. The number of aryl methyl sites for hydroxylation is 1. The van der Waals surface area contributed by atoms with Crippen molar-refractivity contribution in [2.75, 3.05) is 13.1 Å². The Balaban J connectivity index is 2.20. The van der Waals surface area contributed by atoms with E-state index in [9.17, 15) is 9.59 Å². The van der Waals surface area contributed by atoms with Gasteiger partial charge in [-0.1, -0.05) is 25.0 Å². The van der Waals surface area contributed by atoms with Crippen LogP contribution in [0.5, 0.6) is 0 Å². The monoisotopic (exact) mass is 279 g/mol. The molecule has 0 saturated heterocycles. The topological polar surface area (TPSA) is 93.7 Å². The van der Waals surface area contributed by atoms with Crippen LogP contribution >= 0.6 is 0 Å². The van der Waals surface area contributed by atoms with Crippen molar-refractivity contribution in [3.05, 3.63) is 32.1 Å². The minimum atomic E-state index is -0.700. The van der Waals surface area contributed by atoms with Gasteiger partial charge in [-0.2, -0.15) is 5.11 Å². The second-order valence-electron chi connectivity index (χ2n) is 5.47. The highest BCUT2D eigenvalue weighted by atomic mass is 16.2. The molecular weight excluding hydrogens is 258 g/mol. The molecule has 7 heteroatoms. The van der Waals surface area contributed by atoms with Crippen molar-refractivity contribution < 1.29 is 0 Å². The van der Waals surface area contributed by atoms with Crippen LogP contribution in [0.2, 0.25) is 0 Å². The van der Waals surface area contributed by atoms with Crippen molar-refractivity contribution in [2.24, 2.45) is 10.3 Å². The van der Waals surface area contributed by atoms with Gasteiger partial charge in [0.2, 0.25) is 0 Å². The minimum Gasteiger partial charge on any atom is -0.311 e. The number of aromatic amines is 2. The fourth-order valence-corrected chi connectivity index (χ4v) is 2.63. The zero-order valence-corrected chi connectivity index (χ0v) is 12.2. The largest absolute Gasteiger partial charge is 0.325 e. The molecule has 1 aromatic heterocycles. The van der Waals surface area contributed by atoms with Crippen LogP contribution in [-0.2, 0) is 5.54 Å². The number of aromatic nitrogens is 2. The molecule has 1 aliphatic rings. The molecule has 1 aromatic rings. The molecule has 2 heterocycles. The molecule has 0 fully saturated rings. The first-order valence-electron chi connectivity index (χ1n) is 6.97. The van der Waals surface area contributed by atoms with Crippen LogP contribution in [-0.4, -0.2) is 28.1 Å². The summed E-state index contributed by atoms with van der Waals surface area (Å²) >= 11 is 0. The molecule has 7 nitrogen and oxygen atoms in total. The summed E-state index contributed by atoms with van der Waals surface area (Å²) in [6, 6.07) is 0. The summed E-state index contributed by atoms with van der Waals surface area (Å²) in [5.74, 6) is 0. The SMILES string of the molecule is CCCCCN1CC(C)(c2c(C)[nH]c(=O)[nH]c2=O)N=N1. The fourth-order valence-electron chi connectivity index (χ4n) is 2.63. The standard InChI is InChI=1S/C13H21N5O2/c1-4-5-6-7-18-8-13(3,16-17-18)10-9(2)14-12(20)15-11(10)19/h4-8H2,1-3H3,(H2,14,15,19,20). The number of H-pyrrole nitrogens is 2. The van der Waals surface area contributed by atoms with Crippen LogP contribution < -0.4 is 11.2 Å². The van der Waals surface area contributed by atoms with Gasteiger partial charge in [0.05, 0.1) is 12.1 Å². The number of nitrogens with one attached hydrogen (secondary N) is 2. The van der Waals surface area contributed by atoms with Crippen molar-refractivity contribution >= 4 is 0 Å². The van der Waals surface area contributed by atoms with E-state index in [0.29, 0.717) is 17.8 Å². The maximum absolute atomic E-state index is 12.0. The van der Waals surface area contributed by atoms with Crippen LogP contribution in [0.1, 0.15) is 44.4 Å². The summed E-state index contributed by atoms with van der Waals surface area (Å²) in [7, 11) is 0. The van der Waals surface area contributed by atoms with Gasteiger partial charge in [0, 0.05) is 12.2 Å². The third-order valence-electron chi connectivity index (χ3n) is 3.57. The normalized spacial score (nSPS) is 21.6. The molecule has 0 aromatic carbocycles. The zero-order valence-electron chi connectivity index (χ0n) is 12.2. The third-order valence-corrected chi connectivity index (χ3v) is 3.57. The summed E-state index contributed by atoms with van der Waals surface area (Å²) in [4.78, 5) is 28.1. The first kappa shape index (κ1) is 14.5. The number of unbranched alkanes of at least 4 members (excludes halogenated alkanes) is 2. The highest BCUT2D eigenvalue weighted by Gasteiger charge is 2.37. The number of hydrogen-bond donors (Lipinski definition) is 2. The molecule has 0 aliphatic carbocycles. The van der Waals surface area contributed by atoms with Crippen LogP contribution in [0.25, 0.3) is 0 Å². The molecule has 1 unspecified atom stereocenters. The van der Waals surface area contributed by atoms with Gasteiger partial charge >= 0.3 is 5.69 Å². The Bertz CT molecular complexity index is 618. The molecule has 1 aliphatic heterocycles. The lowest BCUT2D eigenvalue weighted by Crippen LogP contribution is -2.38. The van der Waals surface area contributed by atoms with E-state index in [1.165, 1.54) is 0 Å². The average Bonchev–Trinajstić information content (AvgIpc) is 2.70. The Hall–Kier alpha value is -1.92. The highest BCUT2D eigenvalue weighted by Crippen LogP contribution is 2.30. The van der Waals surface area contributed by atoms with E-state index < -0.39 is 11.2 Å². The van der Waals surface area contributed by atoms with E-state index in [4.69, 9.17) is 0 Å². The molecule has 2 N–H and O–H groups in total. The molecule has 0 spiro atoms. The third kappa shape index (κ3) is 2.81. The number of rotatable bonds is 5. The van der Waals surface area contributed by atoms with Gasteiger partial charge in [-0.15, -0.1) is 0 Å². The van der Waals surface area contributed by atoms with E-state index in [2.05, 4.69) is 27.2 Å². The maximum Gasteiger partial charge on any atom is 0.325 e. The lowest BCUT2D eigenvalue weighted by Gasteiger charge is -2.22. The fraction of sp³-hybridized carbons (Fsp3) is 0.692. The summed E-state index contributed by atoms with van der Waals surface area (Å²) in [6.45, 7) is 7.14. The zero-order chi connectivity index (χ0) is 14.8. The molecular formula is C13H21N5O2. The van der Waals surface area contributed by atoms with E-state index in [1.54, 1.807) is 6.92 Å². The Morgan fingerprint density at radius 1 is 1.30 bits per heavy atom. The predicted octanol–water partition coefficient (Wildman–Crippen LogP) is 1.46. The van der Waals surface area contributed by atoms with Crippen molar-refractivity contribution in [2.45, 2.75) is 45.6 Å². The lowest BCUT2D eigenvalue weighted by molar-refractivity contribution is 0.278. The number of hydrogen-bond acceptors (Lipinski definition) is 5. The van der Waals surface area contributed by atoms with E-state index in [0.717, 1.165) is 25.8 Å². The Morgan fingerprint density at radius 2 is 2.05 bits per heavy atom. The van der Waals surface area contributed by atoms with Crippen LogP contribution in [0.15, 0.2) is 19.9 Å². The summed E-state index contributed by atoms with van der Waals surface area (Å²) in [5.41, 5.74) is -0.541. The Morgan fingerprint density at radius 3 is 2.70 bits per heavy atom. The molecule has 2 rings (SSSR count).